The van der Waals surface area contributed by atoms with E-state index < -0.39 is 5.41 Å². The minimum Gasteiger partial charge on any atom is -0.392 e. The second-order valence-corrected chi connectivity index (χ2v) is 5.75. The van der Waals surface area contributed by atoms with Crippen molar-refractivity contribution in [1.82, 2.24) is 5.32 Å². The number of hydrogen-bond acceptors (Lipinski definition) is 2. The highest BCUT2D eigenvalue weighted by atomic mass is 32.1. The Morgan fingerprint density at radius 2 is 1.85 bits per heavy atom. The summed E-state index contributed by atoms with van der Waals surface area (Å²) in [6, 6.07) is 14.2. The fourth-order valence-corrected chi connectivity index (χ4v) is 2.05. The van der Waals surface area contributed by atoms with Gasteiger partial charge in [-0.15, -0.1) is 0 Å². The summed E-state index contributed by atoms with van der Waals surface area (Å²) in [6.07, 6.45) is 0. The van der Waals surface area contributed by atoms with Gasteiger partial charge in [-0.2, -0.15) is 0 Å². The molecule has 2 aromatic rings. The number of amides is 1. The number of benzene rings is 2. The van der Waals surface area contributed by atoms with E-state index >= 15 is 0 Å². The van der Waals surface area contributed by atoms with E-state index in [0.717, 1.165) is 16.3 Å². The van der Waals surface area contributed by atoms with Crippen molar-refractivity contribution >= 4 is 33.9 Å². The summed E-state index contributed by atoms with van der Waals surface area (Å²) in [5, 5.41) is 5.21. The minimum absolute atomic E-state index is 0.155. The lowest BCUT2D eigenvalue weighted by Crippen LogP contribution is -2.44. The molecule has 0 radical (unpaired) electrons. The maximum atomic E-state index is 12.1. The van der Waals surface area contributed by atoms with E-state index in [1.807, 2.05) is 24.3 Å². The zero-order chi connectivity index (χ0) is 14.8. The lowest BCUT2D eigenvalue weighted by Gasteiger charge is -2.22. The average Bonchev–Trinajstić information content (AvgIpc) is 2.44. The average molecular weight is 286 g/mol. The van der Waals surface area contributed by atoms with E-state index in [4.69, 9.17) is 18.0 Å². The monoisotopic (exact) mass is 286 g/mol. The normalized spacial score (nSPS) is 11.3. The Kier molecular flexibility index (Phi) is 4.04. The molecule has 0 aliphatic heterocycles. The number of nitrogens with two attached hydrogens (primary N) is 1. The molecule has 0 saturated carbocycles. The van der Waals surface area contributed by atoms with Gasteiger partial charge in [-0.1, -0.05) is 54.7 Å². The Bertz CT molecular complexity index is 659. The molecular formula is C16H18N2OS. The topological polar surface area (TPSA) is 55.1 Å². The molecule has 0 spiro atoms. The number of hydrogen-bond donors (Lipinski definition) is 2. The second kappa shape index (κ2) is 5.59. The van der Waals surface area contributed by atoms with Crippen LogP contribution < -0.4 is 11.1 Å². The van der Waals surface area contributed by atoms with E-state index in [2.05, 4.69) is 23.5 Å². The molecule has 0 fully saturated rings. The van der Waals surface area contributed by atoms with Gasteiger partial charge in [-0.25, -0.2) is 0 Å². The number of rotatable bonds is 4. The number of thiocarbonyl (C=S) groups is 1. The summed E-state index contributed by atoms with van der Waals surface area (Å²) >= 11 is 4.93. The van der Waals surface area contributed by atoms with Crippen LogP contribution in [0.1, 0.15) is 19.4 Å². The van der Waals surface area contributed by atoms with Gasteiger partial charge in [0.1, 0.15) is 0 Å². The van der Waals surface area contributed by atoms with Crippen LogP contribution in [0.15, 0.2) is 42.5 Å². The van der Waals surface area contributed by atoms with Crippen LogP contribution in [0.3, 0.4) is 0 Å². The van der Waals surface area contributed by atoms with Gasteiger partial charge in [-0.3, -0.25) is 4.79 Å². The third-order valence-corrected chi connectivity index (χ3v) is 4.01. The van der Waals surface area contributed by atoms with Gasteiger partial charge in [0.05, 0.1) is 10.4 Å². The first-order valence-electron chi connectivity index (χ1n) is 6.48. The SMILES string of the molecule is CC(C)(C(=O)NCc1cccc2ccccc12)C(N)=S. The number of fused-ring (bicyclic) bond motifs is 1. The number of carbonyl (C=O) groups excluding carboxylic acids is 1. The lowest BCUT2D eigenvalue weighted by molar-refractivity contribution is -0.126. The Labute approximate surface area is 124 Å². The smallest absolute Gasteiger partial charge is 0.232 e. The van der Waals surface area contributed by atoms with Gasteiger partial charge < -0.3 is 11.1 Å². The lowest BCUT2D eigenvalue weighted by atomic mass is 9.92. The first-order valence-corrected chi connectivity index (χ1v) is 6.88. The van der Waals surface area contributed by atoms with Gasteiger partial charge in [-0.05, 0) is 30.2 Å². The molecule has 0 aliphatic rings. The van der Waals surface area contributed by atoms with Gasteiger partial charge in [0.15, 0.2) is 0 Å². The summed E-state index contributed by atoms with van der Waals surface area (Å²) in [5.74, 6) is -0.155. The Balaban J connectivity index is 2.18. The summed E-state index contributed by atoms with van der Waals surface area (Å²) in [7, 11) is 0. The third kappa shape index (κ3) is 2.80. The van der Waals surface area contributed by atoms with Crippen LogP contribution in [0.25, 0.3) is 10.8 Å². The molecule has 0 unspecified atom stereocenters. The van der Waals surface area contributed by atoms with Crippen molar-refractivity contribution in [1.29, 1.82) is 0 Å². The van der Waals surface area contributed by atoms with Gasteiger partial charge in [0.2, 0.25) is 5.91 Å². The molecule has 3 nitrogen and oxygen atoms in total. The van der Waals surface area contributed by atoms with Crippen LogP contribution >= 0.6 is 12.2 Å². The fraction of sp³-hybridized carbons (Fsp3) is 0.250. The van der Waals surface area contributed by atoms with Crippen LogP contribution in [0, 0.1) is 5.41 Å². The highest BCUT2D eigenvalue weighted by molar-refractivity contribution is 7.80. The first kappa shape index (κ1) is 14.5. The maximum Gasteiger partial charge on any atom is 0.232 e. The highest BCUT2D eigenvalue weighted by Crippen LogP contribution is 2.19. The fourth-order valence-electron chi connectivity index (χ4n) is 1.96. The largest absolute Gasteiger partial charge is 0.392 e. The van der Waals surface area contributed by atoms with Gasteiger partial charge in [0.25, 0.3) is 0 Å². The van der Waals surface area contributed by atoms with Crippen LogP contribution in [0.5, 0.6) is 0 Å². The molecule has 1 amide bonds. The predicted octanol–water partition coefficient (Wildman–Crippen LogP) is 2.77. The molecule has 0 aromatic heterocycles. The molecule has 0 bridgehead atoms. The van der Waals surface area contributed by atoms with E-state index in [-0.39, 0.29) is 10.9 Å². The zero-order valence-corrected chi connectivity index (χ0v) is 12.5. The van der Waals surface area contributed by atoms with Crippen LogP contribution in [0.4, 0.5) is 0 Å². The third-order valence-electron chi connectivity index (χ3n) is 3.50. The minimum atomic E-state index is -0.833. The summed E-state index contributed by atoms with van der Waals surface area (Å²) in [4.78, 5) is 12.3. The second-order valence-electron chi connectivity index (χ2n) is 5.31. The van der Waals surface area contributed by atoms with Crippen molar-refractivity contribution in [2.75, 3.05) is 0 Å². The predicted molar refractivity (Wildman–Crippen MR) is 86.4 cm³/mol. The molecule has 0 heterocycles. The Morgan fingerprint density at radius 3 is 2.55 bits per heavy atom. The molecule has 4 heteroatoms. The molecule has 2 aromatic carbocycles. The van der Waals surface area contributed by atoms with E-state index in [9.17, 15) is 4.79 Å². The van der Waals surface area contributed by atoms with Crippen molar-refractivity contribution in [2.24, 2.45) is 11.1 Å². The molecule has 2 rings (SSSR count). The van der Waals surface area contributed by atoms with Crippen LogP contribution in [-0.4, -0.2) is 10.9 Å². The summed E-state index contributed by atoms with van der Waals surface area (Å²) in [6.45, 7) is 3.92. The van der Waals surface area contributed by atoms with Crippen molar-refractivity contribution in [3.8, 4) is 0 Å². The Morgan fingerprint density at radius 1 is 1.20 bits per heavy atom. The highest BCUT2D eigenvalue weighted by Gasteiger charge is 2.30. The number of nitrogens with one attached hydrogen (secondary N) is 1. The van der Waals surface area contributed by atoms with Crippen molar-refractivity contribution in [3.63, 3.8) is 0 Å². The van der Waals surface area contributed by atoms with Crippen LogP contribution in [0.2, 0.25) is 0 Å². The zero-order valence-electron chi connectivity index (χ0n) is 11.6. The number of carbonyl (C=O) groups is 1. The van der Waals surface area contributed by atoms with Crippen LogP contribution in [-0.2, 0) is 11.3 Å². The molecular weight excluding hydrogens is 268 g/mol. The summed E-state index contributed by atoms with van der Waals surface area (Å²) < 4.78 is 0. The van der Waals surface area contributed by atoms with Crippen molar-refractivity contribution in [3.05, 3.63) is 48.0 Å². The maximum absolute atomic E-state index is 12.1. The van der Waals surface area contributed by atoms with Gasteiger partial charge >= 0.3 is 0 Å². The Hall–Kier alpha value is -1.94. The molecule has 3 N–H and O–H groups in total. The standard InChI is InChI=1S/C16H18N2OS/c1-16(2,14(17)20)15(19)18-10-12-8-5-7-11-6-3-4-9-13(11)12/h3-9H,10H2,1-2H3,(H2,17,20)(H,18,19). The van der Waals surface area contributed by atoms with Gasteiger partial charge in [0, 0.05) is 6.54 Å². The molecule has 0 aliphatic carbocycles. The van der Waals surface area contributed by atoms with E-state index in [1.54, 1.807) is 13.8 Å². The quantitative estimate of drug-likeness (QED) is 0.850. The first-order chi connectivity index (χ1) is 9.43. The van der Waals surface area contributed by atoms with Crippen molar-refractivity contribution < 1.29 is 4.79 Å². The molecule has 20 heavy (non-hydrogen) atoms. The van der Waals surface area contributed by atoms with E-state index in [0.29, 0.717) is 6.54 Å². The summed E-state index contributed by atoms with van der Waals surface area (Å²) in [5.41, 5.74) is 5.85. The van der Waals surface area contributed by atoms with E-state index in [1.165, 1.54) is 0 Å². The molecule has 0 saturated heterocycles. The van der Waals surface area contributed by atoms with Crippen molar-refractivity contribution in [2.45, 2.75) is 20.4 Å². The molecule has 0 atom stereocenters. The molecule has 104 valence electrons.